The van der Waals surface area contributed by atoms with E-state index in [1.807, 2.05) is 11.3 Å². The van der Waals surface area contributed by atoms with Crippen molar-refractivity contribution < 1.29 is 0 Å². The van der Waals surface area contributed by atoms with Crippen LogP contribution in [0.3, 0.4) is 0 Å². The molecule has 10 aromatic rings. The Morgan fingerprint density at radius 2 is 1.16 bits per heavy atom. The largest absolute Gasteiger partial charge is 0.375 e. The second-order valence-corrected chi connectivity index (χ2v) is 24.3. The third kappa shape index (κ3) is 4.70. The first-order chi connectivity index (χ1) is 30.2. The van der Waals surface area contributed by atoms with Gasteiger partial charge in [-0.05, 0) is 140 Å². The van der Waals surface area contributed by atoms with Gasteiger partial charge in [0, 0.05) is 73.8 Å². The smallest absolute Gasteiger partial charge is 0.343 e. The summed E-state index contributed by atoms with van der Waals surface area (Å²) >= 11 is 4.03. The average Bonchev–Trinajstić information content (AvgIpc) is 3.94. The van der Waals surface area contributed by atoms with E-state index in [9.17, 15) is 0 Å². The summed E-state index contributed by atoms with van der Waals surface area (Å²) in [6, 6.07) is 45.7. The van der Waals surface area contributed by atoms with Gasteiger partial charge in [0.05, 0.1) is 5.69 Å². The molecule has 63 heavy (non-hydrogen) atoms. The molecule has 2 aliphatic carbocycles. The molecule has 0 bridgehead atoms. The lowest BCUT2D eigenvalue weighted by Crippen LogP contribution is -2.55. The molecule has 308 valence electrons. The Morgan fingerprint density at radius 1 is 0.508 bits per heavy atom. The lowest BCUT2D eigenvalue weighted by molar-refractivity contribution is 0.332. The van der Waals surface area contributed by atoms with Gasteiger partial charge in [-0.15, -0.1) is 22.7 Å². The molecule has 2 nitrogen and oxygen atoms in total. The fraction of sp³-hybridized carbons (Fsp3) is 0.276. The lowest BCUT2D eigenvalue weighted by atomic mass is 9.48. The molecule has 0 unspecified atom stereocenters. The maximum Gasteiger partial charge on any atom is 0.343 e. The van der Waals surface area contributed by atoms with Gasteiger partial charge in [-0.2, -0.15) is 0 Å². The standard InChI is InChI=1S/C58H51BN2S2/c1-55(2)22-23-56(3,4)41-28-34(20-21-40(41)55)60-45-31-48-49(36-16-11-12-19-46(36)62-48)50-37-18-13-17-35-38-26-32-14-9-10-15-33(32)27-44(38)61(52(35)37)59(51(45)50)54-53(60)39-29-42-43(30-47(39)63-54)58(7,8)25-24-57(42,5)6/h9-21,26-31H,22-25H2,1-8H3. The molecule has 0 saturated carbocycles. The third-order valence-corrected chi connectivity index (χ3v) is 19.0. The van der Waals surface area contributed by atoms with E-state index in [0.29, 0.717) is 0 Å². The minimum atomic E-state index is 0.00354. The average molecular weight is 851 g/mol. The van der Waals surface area contributed by atoms with Gasteiger partial charge >= 0.3 is 6.85 Å². The van der Waals surface area contributed by atoms with Crippen molar-refractivity contribution in [1.29, 1.82) is 0 Å². The molecule has 0 amide bonds. The van der Waals surface area contributed by atoms with Crippen molar-refractivity contribution in [2.45, 2.75) is 103 Å². The van der Waals surface area contributed by atoms with Crippen molar-refractivity contribution in [1.82, 2.24) is 4.48 Å². The first kappa shape index (κ1) is 37.1. The van der Waals surface area contributed by atoms with Crippen molar-refractivity contribution in [3.8, 4) is 11.1 Å². The summed E-state index contributed by atoms with van der Waals surface area (Å²) in [4.78, 5) is 2.75. The van der Waals surface area contributed by atoms with Crippen LogP contribution in [0.4, 0.5) is 17.1 Å². The van der Waals surface area contributed by atoms with E-state index in [4.69, 9.17) is 0 Å². The zero-order valence-electron chi connectivity index (χ0n) is 37.6. The summed E-state index contributed by atoms with van der Waals surface area (Å²) in [5, 5.41) is 9.45. The van der Waals surface area contributed by atoms with Crippen molar-refractivity contribution in [3.05, 3.63) is 138 Å². The second-order valence-electron chi connectivity index (χ2n) is 22.2. The molecule has 5 heterocycles. The van der Waals surface area contributed by atoms with Crippen molar-refractivity contribution in [2.24, 2.45) is 0 Å². The molecule has 7 aromatic carbocycles. The molecule has 5 heteroatoms. The number of thiophene rings is 2. The molecule has 0 atom stereocenters. The maximum atomic E-state index is 2.79. The van der Waals surface area contributed by atoms with Crippen molar-refractivity contribution >= 4 is 120 Å². The Balaban J connectivity index is 1.19. The van der Waals surface area contributed by atoms with Crippen molar-refractivity contribution in [3.63, 3.8) is 0 Å². The molecule has 4 aliphatic rings. The molecule has 0 fully saturated rings. The van der Waals surface area contributed by atoms with Crippen LogP contribution in [0.25, 0.3) is 74.0 Å². The number of para-hydroxylation sites is 1. The molecule has 2 aliphatic heterocycles. The highest BCUT2D eigenvalue weighted by atomic mass is 32.1. The van der Waals surface area contributed by atoms with E-state index < -0.39 is 0 Å². The van der Waals surface area contributed by atoms with E-state index in [1.54, 1.807) is 0 Å². The molecule has 0 N–H and O–H groups in total. The molecule has 0 saturated heterocycles. The highest BCUT2D eigenvalue weighted by Crippen LogP contribution is 2.56. The van der Waals surface area contributed by atoms with Crippen LogP contribution < -0.4 is 15.1 Å². The summed E-state index contributed by atoms with van der Waals surface area (Å²) in [6.07, 6.45) is 4.80. The molecule has 3 aromatic heterocycles. The SMILES string of the molecule is CC1(C)CCC(C)(C)c2cc(N3c4cc5sc6ccccc6c5c5c4B(c4sc6cc7c(cc6c43)C(C)(C)CCC7(C)C)n3c4cc6ccccc6cc4c4cccc-5c43)ccc21. The summed E-state index contributed by atoms with van der Waals surface area (Å²) < 4.78 is 8.37. The zero-order valence-corrected chi connectivity index (χ0v) is 39.2. The van der Waals surface area contributed by atoms with Gasteiger partial charge in [-0.3, -0.25) is 0 Å². The van der Waals surface area contributed by atoms with Gasteiger partial charge in [-0.25, -0.2) is 0 Å². The summed E-state index contributed by atoms with van der Waals surface area (Å²) in [6.45, 7) is 19.8. The molecular formula is C58H51BN2S2. The van der Waals surface area contributed by atoms with Crippen LogP contribution >= 0.6 is 22.7 Å². The molecule has 0 spiro atoms. The van der Waals surface area contributed by atoms with E-state index in [1.165, 1.54) is 149 Å². The summed E-state index contributed by atoms with van der Waals surface area (Å²) in [5.41, 5.74) is 17.4. The zero-order chi connectivity index (χ0) is 42.7. The van der Waals surface area contributed by atoms with E-state index in [-0.39, 0.29) is 28.5 Å². The normalized spacial score (nSPS) is 18.7. The third-order valence-electron chi connectivity index (χ3n) is 16.6. The van der Waals surface area contributed by atoms with E-state index in [2.05, 4.69) is 191 Å². The summed E-state index contributed by atoms with van der Waals surface area (Å²) in [5.74, 6) is 0. The van der Waals surface area contributed by atoms with Crippen LogP contribution in [-0.4, -0.2) is 11.3 Å². The van der Waals surface area contributed by atoms with Gasteiger partial charge in [0.15, 0.2) is 0 Å². The van der Waals surface area contributed by atoms with Gasteiger partial charge in [0.25, 0.3) is 0 Å². The lowest BCUT2D eigenvalue weighted by Gasteiger charge is -2.44. The topological polar surface area (TPSA) is 8.17 Å². The van der Waals surface area contributed by atoms with Crippen LogP contribution in [0.2, 0.25) is 0 Å². The maximum absolute atomic E-state index is 2.79. The van der Waals surface area contributed by atoms with E-state index in [0.717, 1.165) is 0 Å². The minimum absolute atomic E-state index is 0.00354. The van der Waals surface area contributed by atoms with E-state index >= 15 is 0 Å². The molecular weight excluding hydrogens is 800 g/mol. The van der Waals surface area contributed by atoms with Crippen LogP contribution in [0, 0.1) is 0 Å². The Kier molecular flexibility index (Phi) is 6.97. The number of rotatable bonds is 1. The van der Waals surface area contributed by atoms with Crippen LogP contribution in [-0.2, 0) is 21.7 Å². The molecule has 14 rings (SSSR count). The Hall–Kier alpha value is -5.36. The Morgan fingerprint density at radius 3 is 1.92 bits per heavy atom. The van der Waals surface area contributed by atoms with Gasteiger partial charge in [-0.1, -0.05) is 122 Å². The number of hydrogen-bond acceptors (Lipinski definition) is 3. The number of benzene rings is 7. The minimum Gasteiger partial charge on any atom is -0.375 e. The van der Waals surface area contributed by atoms with Crippen molar-refractivity contribution in [2.75, 3.05) is 4.90 Å². The first-order valence-electron chi connectivity index (χ1n) is 23.2. The number of nitrogens with zero attached hydrogens (tertiary/aromatic N) is 2. The molecule has 0 radical (unpaired) electrons. The number of aromatic nitrogens is 1. The van der Waals surface area contributed by atoms with Gasteiger partial charge in [0.2, 0.25) is 0 Å². The quantitative estimate of drug-likeness (QED) is 0.149. The van der Waals surface area contributed by atoms with Crippen LogP contribution in [0.1, 0.15) is 103 Å². The predicted octanol–water partition coefficient (Wildman–Crippen LogP) is 15.6. The van der Waals surface area contributed by atoms with Gasteiger partial charge < -0.3 is 9.38 Å². The fourth-order valence-electron chi connectivity index (χ4n) is 12.9. The monoisotopic (exact) mass is 850 g/mol. The highest BCUT2D eigenvalue weighted by molar-refractivity contribution is 7.32. The number of hydrogen-bond donors (Lipinski definition) is 0. The summed E-state index contributed by atoms with van der Waals surface area (Å²) in [7, 11) is 0. The van der Waals surface area contributed by atoms with Crippen LogP contribution in [0.5, 0.6) is 0 Å². The first-order valence-corrected chi connectivity index (χ1v) is 24.8. The Bertz CT molecular complexity index is 3720. The Labute approximate surface area is 378 Å². The number of anilines is 3. The number of fused-ring (bicyclic) bond motifs is 16. The fourth-order valence-corrected chi connectivity index (χ4v) is 15.4. The van der Waals surface area contributed by atoms with Gasteiger partial charge in [0.1, 0.15) is 0 Å². The second kappa shape index (κ2) is 11.9. The predicted molar refractivity (Wildman–Crippen MR) is 276 cm³/mol. The van der Waals surface area contributed by atoms with Crippen LogP contribution in [0.15, 0.2) is 115 Å². The highest BCUT2D eigenvalue weighted by Gasteiger charge is 2.47.